The van der Waals surface area contributed by atoms with Crippen LogP contribution in [0, 0.1) is 0 Å². The van der Waals surface area contributed by atoms with Crippen molar-refractivity contribution >= 4 is 26.0 Å². The molecule has 5 heteroatoms. The Hall–Kier alpha value is -0.390. The van der Waals surface area contributed by atoms with Gasteiger partial charge in [0.2, 0.25) is 0 Å². The lowest BCUT2D eigenvalue weighted by Crippen LogP contribution is -2.17. The first-order chi connectivity index (χ1) is 6.71. The van der Waals surface area contributed by atoms with Crippen LogP contribution in [0.1, 0.15) is 20.8 Å². The monoisotopic (exact) mass is 290 g/mol. The van der Waals surface area contributed by atoms with Gasteiger partial charge in [-0.2, -0.15) is 0 Å². The zero-order valence-electron chi connectivity index (χ0n) is 8.86. The summed E-state index contributed by atoms with van der Waals surface area (Å²) in [6.07, 6.45) is 0. The SMILES string of the molecule is CC(C)(C)[N-]S(=O)(=O)c1ccc(Br)cc1. The average Bonchev–Trinajstić information content (AvgIpc) is 2.00. The number of hydrogen-bond acceptors (Lipinski definition) is 2. The summed E-state index contributed by atoms with van der Waals surface area (Å²) in [5.41, 5.74) is -0.591. The summed E-state index contributed by atoms with van der Waals surface area (Å²) < 4.78 is 28.2. The second-order valence-corrected chi connectivity index (χ2v) is 6.71. The second-order valence-electron chi connectivity index (χ2n) is 4.19. The van der Waals surface area contributed by atoms with Crippen molar-refractivity contribution in [2.24, 2.45) is 0 Å². The third kappa shape index (κ3) is 3.93. The molecule has 0 aliphatic carbocycles. The molecule has 1 aromatic rings. The minimum Gasteiger partial charge on any atom is -0.540 e. The van der Waals surface area contributed by atoms with Gasteiger partial charge in [0.05, 0.1) is 0 Å². The van der Waals surface area contributed by atoms with Crippen molar-refractivity contribution in [3.63, 3.8) is 0 Å². The molecule has 3 nitrogen and oxygen atoms in total. The first kappa shape index (κ1) is 12.7. The minimum absolute atomic E-state index is 0.223. The normalized spacial score (nSPS) is 12.8. The Labute approximate surface area is 99.1 Å². The van der Waals surface area contributed by atoms with Crippen molar-refractivity contribution < 1.29 is 8.42 Å². The lowest BCUT2D eigenvalue weighted by atomic mass is 10.1. The van der Waals surface area contributed by atoms with E-state index in [1.807, 2.05) is 0 Å². The Morgan fingerprint density at radius 1 is 1.13 bits per heavy atom. The van der Waals surface area contributed by atoms with E-state index in [0.29, 0.717) is 0 Å². The summed E-state index contributed by atoms with van der Waals surface area (Å²) in [6, 6.07) is 6.44. The zero-order chi connectivity index (χ0) is 11.7. The van der Waals surface area contributed by atoms with Crippen molar-refractivity contribution in [3.8, 4) is 0 Å². The Bertz CT molecular complexity index is 431. The quantitative estimate of drug-likeness (QED) is 0.839. The van der Waals surface area contributed by atoms with Crippen LogP contribution in [0.2, 0.25) is 0 Å². The van der Waals surface area contributed by atoms with Crippen molar-refractivity contribution in [3.05, 3.63) is 33.5 Å². The molecule has 84 valence electrons. The molecular formula is C10H13BrNO2S-. The molecule has 0 spiro atoms. The summed E-state index contributed by atoms with van der Waals surface area (Å²) in [7, 11) is -3.53. The zero-order valence-corrected chi connectivity index (χ0v) is 11.3. The van der Waals surface area contributed by atoms with Gasteiger partial charge >= 0.3 is 0 Å². The highest BCUT2D eigenvalue weighted by molar-refractivity contribution is 9.10. The first-order valence-corrected chi connectivity index (χ1v) is 6.69. The average molecular weight is 291 g/mol. The third-order valence-electron chi connectivity index (χ3n) is 1.51. The maximum Gasteiger partial charge on any atom is 0.101 e. The summed E-state index contributed by atoms with van der Waals surface area (Å²) in [4.78, 5) is 0.223. The molecule has 1 rings (SSSR count). The molecule has 0 radical (unpaired) electrons. The molecule has 0 atom stereocenters. The van der Waals surface area contributed by atoms with Gasteiger partial charge in [-0.25, -0.2) is 8.42 Å². The van der Waals surface area contributed by atoms with Crippen molar-refractivity contribution in [2.45, 2.75) is 31.2 Å². The van der Waals surface area contributed by atoms with E-state index >= 15 is 0 Å². The maximum atomic E-state index is 11.8. The van der Waals surface area contributed by atoms with Crippen molar-refractivity contribution in [2.75, 3.05) is 0 Å². The Kier molecular flexibility index (Phi) is 3.58. The van der Waals surface area contributed by atoms with E-state index in [2.05, 4.69) is 20.7 Å². The molecule has 0 aliphatic heterocycles. The molecule has 1 aromatic carbocycles. The van der Waals surface area contributed by atoms with Gasteiger partial charge in [0.25, 0.3) is 0 Å². The molecule has 0 bridgehead atoms. The van der Waals surface area contributed by atoms with Gasteiger partial charge in [-0.1, -0.05) is 36.7 Å². The van der Waals surface area contributed by atoms with Crippen LogP contribution in [0.25, 0.3) is 4.72 Å². The van der Waals surface area contributed by atoms with E-state index in [9.17, 15) is 8.42 Å². The van der Waals surface area contributed by atoms with Gasteiger partial charge in [-0.15, -0.1) is 5.54 Å². The van der Waals surface area contributed by atoms with Crippen molar-refractivity contribution in [1.29, 1.82) is 0 Å². The van der Waals surface area contributed by atoms with E-state index < -0.39 is 15.6 Å². The topological polar surface area (TPSA) is 48.2 Å². The molecule has 15 heavy (non-hydrogen) atoms. The molecular weight excluding hydrogens is 278 g/mol. The molecule has 0 N–H and O–H groups in total. The van der Waals surface area contributed by atoms with Crippen LogP contribution in [-0.2, 0) is 10.0 Å². The van der Waals surface area contributed by atoms with Gasteiger partial charge in [0.15, 0.2) is 0 Å². The summed E-state index contributed by atoms with van der Waals surface area (Å²) >= 11 is 3.25. The second kappa shape index (κ2) is 4.23. The smallest absolute Gasteiger partial charge is 0.101 e. The molecule has 0 heterocycles. The lowest BCUT2D eigenvalue weighted by molar-refractivity contribution is 0.587. The van der Waals surface area contributed by atoms with E-state index in [1.54, 1.807) is 32.9 Å². The summed E-state index contributed by atoms with van der Waals surface area (Å²) in [5.74, 6) is 0. The van der Waals surface area contributed by atoms with Gasteiger partial charge in [-0.3, -0.25) is 0 Å². The molecule has 0 fully saturated rings. The Morgan fingerprint density at radius 3 is 2.00 bits per heavy atom. The largest absolute Gasteiger partial charge is 0.540 e. The summed E-state index contributed by atoms with van der Waals surface area (Å²) in [5, 5.41) is 0. The molecule has 0 aliphatic rings. The highest BCUT2D eigenvalue weighted by atomic mass is 79.9. The third-order valence-corrected chi connectivity index (χ3v) is 3.69. The van der Waals surface area contributed by atoms with E-state index in [1.165, 1.54) is 12.1 Å². The number of halogens is 1. The highest BCUT2D eigenvalue weighted by Crippen LogP contribution is 2.26. The molecule has 0 aromatic heterocycles. The Balaban J connectivity index is 3.02. The Morgan fingerprint density at radius 2 is 1.60 bits per heavy atom. The number of rotatable bonds is 2. The number of nitrogens with zero attached hydrogens (tertiary/aromatic N) is 1. The maximum absolute atomic E-state index is 11.8. The van der Waals surface area contributed by atoms with E-state index in [4.69, 9.17) is 0 Å². The predicted octanol–water partition coefficient (Wildman–Crippen LogP) is 3.31. The van der Waals surface area contributed by atoms with Crippen LogP contribution in [-0.4, -0.2) is 14.0 Å². The fourth-order valence-electron chi connectivity index (χ4n) is 1.02. The van der Waals surface area contributed by atoms with E-state index in [0.717, 1.165) is 4.47 Å². The number of sulfonamides is 1. The molecule has 0 saturated heterocycles. The first-order valence-electron chi connectivity index (χ1n) is 4.45. The van der Waals surface area contributed by atoms with Gasteiger partial charge in [0, 0.05) is 9.37 Å². The highest BCUT2D eigenvalue weighted by Gasteiger charge is 2.09. The van der Waals surface area contributed by atoms with Crippen LogP contribution in [0.5, 0.6) is 0 Å². The van der Waals surface area contributed by atoms with E-state index in [-0.39, 0.29) is 4.90 Å². The number of benzene rings is 1. The van der Waals surface area contributed by atoms with Crippen LogP contribution in [0.3, 0.4) is 0 Å². The molecule has 0 amide bonds. The van der Waals surface area contributed by atoms with Crippen LogP contribution in [0.4, 0.5) is 0 Å². The standard InChI is InChI=1S/C10H13BrNO2S/c1-10(2,3)12-15(13,14)9-6-4-8(11)5-7-9/h4-7H,1-3H3/q-1. The molecule has 0 saturated carbocycles. The fraction of sp³-hybridized carbons (Fsp3) is 0.400. The van der Waals surface area contributed by atoms with Gasteiger partial charge < -0.3 is 4.72 Å². The number of hydrogen-bond donors (Lipinski definition) is 0. The predicted molar refractivity (Wildman–Crippen MR) is 64.4 cm³/mol. The fourth-order valence-corrected chi connectivity index (χ4v) is 2.59. The van der Waals surface area contributed by atoms with Gasteiger partial charge in [-0.05, 0) is 24.3 Å². The van der Waals surface area contributed by atoms with Crippen LogP contribution < -0.4 is 0 Å². The van der Waals surface area contributed by atoms with Gasteiger partial charge in [0.1, 0.15) is 10.0 Å². The minimum atomic E-state index is -3.53. The lowest BCUT2D eigenvalue weighted by Gasteiger charge is -2.35. The summed E-state index contributed by atoms with van der Waals surface area (Å²) in [6.45, 7) is 5.26. The van der Waals surface area contributed by atoms with Crippen molar-refractivity contribution in [1.82, 2.24) is 0 Å². The van der Waals surface area contributed by atoms with Crippen LogP contribution >= 0.6 is 15.9 Å². The van der Waals surface area contributed by atoms with Crippen LogP contribution in [0.15, 0.2) is 33.6 Å². The molecule has 0 unspecified atom stereocenters.